The predicted octanol–water partition coefficient (Wildman–Crippen LogP) is 1.28. The number of unbranched alkanes of at least 4 members (excludes halogenated alkanes) is 2. The summed E-state index contributed by atoms with van der Waals surface area (Å²) in [5.41, 5.74) is 3.12. The van der Waals surface area contributed by atoms with E-state index in [0.29, 0.717) is 30.4 Å². The fourth-order valence-electron chi connectivity index (χ4n) is 5.79. The quantitative estimate of drug-likeness (QED) is 0.0785. The number of carboxylic acid groups (broad SMARTS) is 1. The van der Waals surface area contributed by atoms with Gasteiger partial charge < -0.3 is 25.0 Å². The summed E-state index contributed by atoms with van der Waals surface area (Å²) in [6, 6.07) is -2.13. The molecule has 0 saturated carbocycles. The Hall–Kier alpha value is -3.69. The zero-order chi connectivity index (χ0) is 32.7. The maximum absolute atomic E-state index is 15.0. The van der Waals surface area contributed by atoms with Crippen LogP contribution in [0.5, 0.6) is 0 Å². The van der Waals surface area contributed by atoms with Gasteiger partial charge in [0.1, 0.15) is 23.4 Å². The number of hydrogen-bond acceptors (Lipinski definition) is 11. The Morgan fingerprint density at radius 1 is 1.18 bits per heavy atom. The van der Waals surface area contributed by atoms with Gasteiger partial charge in [-0.25, -0.2) is 35.4 Å². The van der Waals surface area contributed by atoms with E-state index in [0.717, 1.165) is 12.8 Å². The number of esters is 1. The lowest BCUT2D eigenvalue weighted by Crippen LogP contribution is -2.78. The van der Waals surface area contributed by atoms with E-state index in [1.165, 1.54) is 22.5 Å². The van der Waals surface area contributed by atoms with Gasteiger partial charge in [0.15, 0.2) is 5.65 Å². The van der Waals surface area contributed by atoms with Gasteiger partial charge in [-0.3, -0.25) is 9.59 Å². The second-order valence-corrected chi connectivity index (χ2v) is 12.0. The molecule has 1 aliphatic heterocycles. The summed E-state index contributed by atoms with van der Waals surface area (Å²) in [5, 5.41) is 13.6. The van der Waals surface area contributed by atoms with Crippen LogP contribution in [0.2, 0.25) is 0 Å². The lowest BCUT2D eigenvalue weighted by molar-refractivity contribution is -0.184. The Bertz CT molecular complexity index is 1310. The van der Waals surface area contributed by atoms with Crippen molar-refractivity contribution in [3.05, 3.63) is 18.3 Å². The number of imidazole rings is 1. The molecule has 244 valence electrons. The summed E-state index contributed by atoms with van der Waals surface area (Å²) in [4.78, 5) is 72.6. The van der Waals surface area contributed by atoms with Crippen molar-refractivity contribution in [3.8, 4) is 0 Å². The second kappa shape index (κ2) is 14.9. The fraction of sp³-hybridized carbons (Fsp3) is 0.690. The minimum absolute atomic E-state index is 0.0142. The fourth-order valence-corrected chi connectivity index (χ4v) is 5.79. The van der Waals surface area contributed by atoms with Crippen molar-refractivity contribution >= 4 is 34.9 Å². The first-order valence-electron chi connectivity index (χ1n) is 15.2. The van der Waals surface area contributed by atoms with E-state index in [1.54, 1.807) is 27.9 Å². The molecule has 3 atom stereocenters. The number of carbonyl (C=O) groups excluding carboxylic acids is 3. The molecule has 5 N–H and O–H groups in total. The van der Waals surface area contributed by atoms with Gasteiger partial charge in [-0.15, -0.1) is 0 Å². The molecular formula is C29H47N9O6. The number of amides is 2. The molecule has 0 bridgehead atoms. The molecule has 0 radical (unpaired) electrons. The van der Waals surface area contributed by atoms with Gasteiger partial charge in [0.2, 0.25) is 11.4 Å². The summed E-state index contributed by atoms with van der Waals surface area (Å²) in [6.07, 6.45) is 6.33. The van der Waals surface area contributed by atoms with Crippen LogP contribution in [0.25, 0.3) is 11.2 Å². The Balaban J connectivity index is 2.15. The molecule has 3 heterocycles. The van der Waals surface area contributed by atoms with Crippen molar-refractivity contribution in [2.45, 2.75) is 96.2 Å². The summed E-state index contributed by atoms with van der Waals surface area (Å²) < 4.78 is 5.83. The summed E-state index contributed by atoms with van der Waals surface area (Å²) >= 11 is 0. The number of carboxylic acids is 1. The standard InChI is InChI=1S/C29H47N9O6/c1-8-9-10-14-44-27(43)29(38(30-6)31-7,28(4,5)25-32-16-20-22(36-25)34-17-33-20)26(42)37-13-11-12-21(37)23(39)35-19(24(40)41)15-18(2)3/h16-19,21,30-31H,8-15H2,1-7H3,(H,35,39)(H,40,41)(H,32,33,34,36)/t19-,21-,29-/m0/s1. The Morgan fingerprint density at radius 2 is 1.89 bits per heavy atom. The van der Waals surface area contributed by atoms with E-state index in [4.69, 9.17) is 4.74 Å². The first kappa shape index (κ1) is 34.8. The van der Waals surface area contributed by atoms with Crippen LogP contribution in [-0.4, -0.2) is 104 Å². The number of nitrogens with zero attached hydrogens (tertiary/aromatic N) is 5. The molecule has 1 saturated heterocycles. The molecule has 0 aliphatic carbocycles. The molecule has 2 aromatic heterocycles. The van der Waals surface area contributed by atoms with Crippen molar-refractivity contribution in [1.29, 1.82) is 0 Å². The van der Waals surface area contributed by atoms with Gasteiger partial charge in [0, 0.05) is 20.6 Å². The molecule has 3 rings (SSSR count). The number of rotatable bonds is 16. The zero-order valence-corrected chi connectivity index (χ0v) is 26.8. The number of H-pyrrole nitrogens is 1. The summed E-state index contributed by atoms with van der Waals surface area (Å²) in [5.74, 6) is -3.16. The van der Waals surface area contributed by atoms with Crippen LogP contribution >= 0.6 is 0 Å². The van der Waals surface area contributed by atoms with E-state index < -0.39 is 46.8 Å². The maximum Gasteiger partial charge on any atom is 0.340 e. The number of carbonyl (C=O) groups is 4. The van der Waals surface area contributed by atoms with Crippen molar-refractivity contribution in [1.82, 2.24) is 46.1 Å². The van der Waals surface area contributed by atoms with Crippen LogP contribution < -0.4 is 16.2 Å². The molecule has 1 fully saturated rings. The van der Waals surface area contributed by atoms with Gasteiger partial charge in [-0.05, 0) is 45.4 Å². The molecule has 0 spiro atoms. The van der Waals surface area contributed by atoms with E-state index in [9.17, 15) is 19.5 Å². The van der Waals surface area contributed by atoms with Gasteiger partial charge >= 0.3 is 11.9 Å². The number of aromatic nitrogens is 4. The number of hydrazine groups is 2. The predicted molar refractivity (Wildman–Crippen MR) is 162 cm³/mol. The SMILES string of the molecule is CCCCCOC(=O)[C@](C(=O)N1CCC[C@H]1C(=O)N[C@@H](CC(C)C)C(=O)O)(N(NC)NC)C(C)(C)c1ncc2[nH]cnc2n1. The number of likely N-dealkylation sites (tertiary alicyclic amines) is 1. The van der Waals surface area contributed by atoms with Crippen molar-refractivity contribution in [3.63, 3.8) is 0 Å². The van der Waals surface area contributed by atoms with Crippen molar-refractivity contribution < 1.29 is 29.0 Å². The highest BCUT2D eigenvalue weighted by Crippen LogP contribution is 2.41. The first-order chi connectivity index (χ1) is 20.9. The van der Waals surface area contributed by atoms with Gasteiger partial charge in [-0.1, -0.05) is 33.6 Å². The highest BCUT2D eigenvalue weighted by molar-refractivity contribution is 6.10. The molecule has 2 aromatic rings. The third-order valence-electron chi connectivity index (χ3n) is 8.15. The number of ether oxygens (including phenoxy) is 1. The minimum atomic E-state index is -2.17. The number of aliphatic carboxylic acids is 1. The molecule has 15 heteroatoms. The highest BCUT2D eigenvalue weighted by Gasteiger charge is 2.67. The van der Waals surface area contributed by atoms with Crippen LogP contribution in [0.3, 0.4) is 0 Å². The van der Waals surface area contributed by atoms with E-state index in [1.807, 2.05) is 20.8 Å². The molecule has 0 unspecified atom stereocenters. The lowest BCUT2D eigenvalue weighted by Gasteiger charge is -2.49. The largest absolute Gasteiger partial charge is 0.480 e. The third kappa shape index (κ3) is 6.84. The Labute approximate surface area is 257 Å². The average molecular weight is 618 g/mol. The smallest absolute Gasteiger partial charge is 0.340 e. The Morgan fingerprint density at radius 3 is 2.50 bits per heavy atom. The number of fused-ring (bicyclic) bond motifs is 1. The van der Waals surface area contributed by atoms with E-state index >= 15 is 4.79 Å². The van der Waals surface area contributed by atoms with Crippen molar-refractivity contribution in [2.24, 2.45) is 5.92 Å². The molecule has 0 aromatic carbocycles. The van der Waals surface area contributed by atoms with E-state index in [-0.39, 0.29) is 31.3 Å². The van der Waals surface area contributed by atoms with Gasteiger partial charge in [0.05, 0.1) is 24.5 Å². The molecule has 15 nitrogen and oxygen atoms in total. The van der Waals surface area contributed by atoms with E-state index in [2.05, 4.69) is 36.1 Å². The summed E-state index contributed by atoms with van der Waals surface area (Å²) in [6.45, 7) is 9.34. The lowest BCUT2D eigenvalue weighted by atomic mass is 9.69. The van der Waals surface area contributed by atoms with Crippen LogP contribution in [0, 0.1) is 5.92 Å². The first-order valence-corrected chi connectivity index (χ1v) is 15.2. The summed E-state index contributed by atoms with van der Waals surface area (Å²) in [7, 11) is 3.10. The monoisotopic (exact) mass is 617 g/mol. The highest BCUT2D eigenvalue weighted by atomic mass is 16.5. The van der Waals surface area contributed by atoms with Crippen molar-refractivity contribution in [2.75, 3.05) is 27.2 Å². The number of hydrogen-bond donors (Lipinski definition) is 5. The second-order valence-electron chi connectivity index (χ2n) is 12.0. The normalized spacial score (nSPS) is 17.6. The van der Waals surface area contributed by atoms with Crippen LogP contribution in [0.1, 0.15) is 79.0 Å². The third-order valence-corrected chi connectivity index (χ3v) is 8.15. The number of aromatic amines is 1. The van der Waals surface area contributed by atoms with Crippen LogP contribution in [-0.2, 0) is 29.3 Å². The van der Waals surface area contributed by atoms with Gasteiger partial charge in [0.25, 0.3) is 5.91 Å². The topological polar surface area (TPSA) is 195 Å². The zero-order valence-electron chi connectivity index (χ0n) is 26.8. The minimum Gasteiger partial charge on any atom is -0.480 e. The van der Waals surface area contributed by atoms with Gasteiger partial charge in [-0.2, -0.15) is 5.12 Å². The average Bonchev–Trinajstić information content (AvgIpc) is 3.66. The molecule has 2 amide bonds. The molecule has 44 heavy (non-hydrogen) atoms. The number of nitrogens with one attached hydrogen (secondary N) is 4. The molecular weight excluding hydrogens is 570 g/mol. The van der Waals surface area contributed by atoms with Crippen LogP contribution in [0.15, 0.2) is 12.5 Å². The maximum atomic E-state index is 15.0. The van der Waals surface area contributed by atoms with Crippen LogP contribution in [0.4, 0.5) is 0 Å². The Kier molecular flexibility index (Phi) is 11.8. The molecule has 1 aliphatic rings.